The monoisotopic (exact) mass is 618 g/mol. The van der Waals surface area contributed by atoms with E-state index in [-0.39, 0.29) is 0 Å². The maximum atomic E-state index is 5.63. The molecule has 2 N–H and O–H groups in total. The summed E-state index contributed by atoms with van der Waals surface area (Å²) in [4.78, 5) is 9.82. The molecule has 0 unspecified atom stereocenters. The van der Waals surface area contributed by atoms with Crippen molar-refractivity contribution in [3.05, 3.63) is 72.8 Å². The van der Waals surface area contributed by atoms with E-state index in [1.54, 1.807) is 28.4 Å². The maximum absolute atomic E-state index is 5.63. The summed E-state index contributed by atoms with van der Waals surface area (Å²) in [5.74, 6) is 3.12. The number of anilines is 2. The average molecular weight is 619 g/mol. The first-order valence-corrected chi connectivity index (χ1v) is 16.0. The first-order chi connectivity index (χ1) is 22.6. The van der Waals surface area contributed by atoms with Crippen LogP contribution < -0.4 is 29.6 Å². The zero-order valence-corrected chi connectivity index (χ0v) is 27.1. The number of hydrogen-bond donors (Lipinski definition) is 2. The van der Waals surface area contributed by atoms with E-state index in [9.17, 15) is 0 Å². The average Bonchev–Trinajstić information content (AvgIpc) is 3.10. The van der Waals surface area contributed by atoms with Gasteiger partial charge in [0.1, 0.15) is 34.0 Å². The third-order valence-corrected chi connectivity index (χ3v) is 8.60. The molecular weight excluding hydrogens is 576 g/mol. The van der Waals surface area contributed by atoms with Crippen molar-refractivity contribution in [2.45, 2.75) is 38.5 Å². The lowest BCUT2D eigenvalue weighted by atomic mass is 10.1. The number of fused-ring (bicyclic) bond motifs is 4. The number of ether oxygens (including phenoxy) is 4. The number of nitrogens with one attached hydrogen (secondary N) is 2. The summed E-state index contributed by atoms with van der Waals surface area (Å²) >= 11 is 0. The van der Waals surface area contributed by atoms with Gasteiger partial charge in [-0.25, -0.2) is 9.97 Å². The Bertz CT molecular complexity index is 1830. The highest BCUT2D eigenvalue weighted by Crippen LogP contribution is 2.37. The van der Waals surface area contributed by atoms with E-state index < -0.39 is 0 Å². The molecular formula is C38H42N4O4. The van der Waals surface area contributed by atoms with E-state index in [4.69, 9.17) is 28.9 Å². The molecule has 6 rings (SSSR count). The summed E-state index contributed by atoms with van der Waals surface area (Å²) in [5.41, 5.74) is 5.68. The van der Waals surface area contributed by atoms with Crippen LogP contribution >= 0.6 is 0 Å². The van der Waals surface area contributed by atoms with Crippen molar-refractivity contribution in [1.82, 2.24) is 9.97 Å². The van der Waals surface area contributed by atoms with Gasteiger partial charge in [0, 0.05) is 46.8 Å². The SMILES string of the molecule is COc1ccc2c(NCCCCCCCCNc3c4ccc(OC)cc4nc4c(OC)cccc34)c3cccc(OC)c3nc2c1. The second-order valence-electron chi connectivity index (χ2n) is 11.4. The minimum Gasteiger partial charge on any atom is -0.497 e. The van der Waals surface area contributed by atoms with Gasteiger partial charge in [0.25, 0.3) is 0 Å². The minimum absolute atomic E-state index is 0.769. The van der Waals surface area contributed by atoms with Crippen molar-refractivity contribution >= 4 is 55.0 Å². The molecule has 6 aromatic rings. The van der Waals surface area contributed by atoms with Gasteiger partial charge >= 0.3 is 0 Å². The zero-order chi connectivity index (χ0) is 31.9. The Balaban J connectivity index is 1.02. The summed E-state index contributed by atoms with van der Waals surface area (Å²) < 4.78 is 22.2. The lowest BCUT2D eigenvalue weighted by molar-refractivity contribution is 0.415. The number of hydrogen-bond acceptors (Lipinski definition) is 8. The van der Waals surface area contributed by atoms with Gasteiger partial charge in [0.05, 0.1) is 50.8 Å². The molecule has 8 heteroatoms. The molecule has 4 aromatic carbocycles. The molecule has 0 amide bonds. The first kappa shape index (κ1) is 31.0. The molecule has 8 nitrogen and oxygen atoms in total. The predicted molar refractivity (Wildman–Crippen MR) is 189 cm³/mol. The smallest absolute Gasteiger partial charge is 0.145 e. The third kappa shape index (κ3) is 6.38. The third-order valence-electron chi connectivity index (χ3n) is 8.60. The van der Waals surface area contributed by atoms with Gasteiger partial charge in [-0.05, 0) is 49.2 Å². The lowest BCUT2D eigenvalue weighted by Gasteiger charge is -2.15. The van der Waals surface area contributed by atoms with Crippen LogP contribution in [0.2, 0.25) is 0 Å². The van der Waals surface area contributed by atoms with Crippen LogP contribution in [0.25, 0.3) is 43.6 Å². The van der Waals surface area contributed by atoms with Crippen LogP contribution in [0.1, 0.15) is 38.5 Å². The molecule has 0 aliphatic carbocycles. The molecule has 0 bridgehead atoms. The van der Waals surface area contributed by atoms with E-state index >= 15 is 0 Å². The molecule has 0 saturated heterocycles. The summed E-state index contributed by atoms with van der Waals surface area (Å²) in [7, 11) is 6.73. The van der Waals surface area contributed by atoms with Gasteiger partial charge < -0.3 is 29.6 Å². The Hall–Kier alpha value is -4.98. The second kappa shape index (κ2) is 14.4. The van der Waals surface area contributed by atoms with Crippen LogP contribution in [0.3, 0.4) is 0 Å². The number of methoxy groups -OCH3 is 4. The van der Waals surface area contributed by atoms with Crippen LogP contribution in [-0.4, -0.2) is 51.5 Å². The number of para-hydroxylation sites is 2. The van der Waals surface area contributed by atoms with E-state index in [1.165, 1.54) is 25.7 Å². The maximum Gasteiger partial charge on any atom is 0.145 e. The summed E-state index contributed by atoms with van der Waals surface area (Å²) in [6, 6.07) is 24.3. The minimum atomic E-state index is 0.769. The van der Waals surface area contributed by atoms with Gasteiger partial charge in [-0.1, -0.05) is 49.9 Å². The number of unbranched alkanes of at least 4 members (excludes halogenated alkanes) is 5. The van der Waals surface area contributed by atoms with Gasteiger partial charge in [-0.15, -0.1) is 0 Å². The molecule has 2 aromatic heterocycles. The lowest BCUT2D eigenvalue weighted by Crippen LogP contribution is -2.05. The number of benzene rings is 4. The van der Waals surface area contributed by atoms with Gasteiger partial charge in [0.15, 0.2) is 0 Å². The highest BCUT2D eigenvalue weighted by Gasteiger charge is 2.14. The molecule has 0 spiro atoms. The molecule has 0 aliphatic heterocycles. The summed E-state index contributed by atoms with van der Waals surface area (Å²) in [5, 5.41) is 11.8. The quantitative estimate of drug-likeness (QED) is 0.0871. The number of aromatic nitrogens is 2. The molecule has 0 aliphatic rings. The van der Waals surface area contributed by atoms with Crippen molar-refractivity contribution in [2.24, 2.45) is 0 Å². The van der Waals surface area contributed by atoms with E-state index in [2.05, 4.69) is 34.9 Å². The first-order valence-electron chi connectivity index (χ1n) is 16.0. The van der Waals surface area contributed by atoms with Crippen molar-refractivity contribution in [2.75, 3.05) is 52.2 Å². The number of nitrogens with zero attached hydrogens (tertiary/aromatic N) is 2. The van der Waals surface area contributed by atoms with Crippen LogP contribution in [0.4, 0.5) is 11.4 Å². The Labute approximate surface area is 270 Å². The van der Waals surface area contributed by atoms with Crippen molar-refractivity contribution in [3.8, 4) is 23.0 Å². The second-order valence-corrected chi connectivity index (χ2v) is 11.4. The highest BCUT2D eigenvalue weighted by molar-refractivity contribution is 6.10. The molecule has 238 valence electrons. The standard InChI is InChI=1S/C38H42N4O4/c1-43-25-17-19-27-31(23-25)41-37-29(13-11-15-33(37)45-3)35(27)39-21-9-7-5-6-8-10-22-40-36-28-20-18-26(44-2)24-32(28)42-38-30(36)14-12-16-34(38)46-4/h11-20,23-24H,5-10,21-22H2,1-4H3,(H,39,41)(H,40,42). The normalized spacial score (nSPS) is 11.3. The fraction of sp³-hybridized carbons (Fsp3) is 0.316. The van der Waals surface area contributed by atoms with Gasteiger partial charge in [-0.3, -0.25) is 0 Å². The van der Waals surface area contributed by atoms with Crippen LogP contribution in [0.15, 0.2) is 72.8 Å². The Morgan fingerprint density at radius 1 is 0.478 bits per heavy atom. The van der Waals surface area contributed by atoms with Gasteiger partial charge in [-0.2, -0.15) is 0 Å². The molecule has 46 heavy (non-hydrogen) atoms. The zero-order valence-electron chi connectivity index (χ0n) is 27.1. The Morgan fingerprint density at radius 3 is 1.33 bits per heavy atom. The summed E-state index contributed by atoms with van der Waals surface area (Å²) in [6.07, 6.45) is 6.98. The largest absolute Gasteiger partial charge is 0.497 e. The van der Waals surface area contributed by atoms with Crippen molar-refractivity contribution < 1.29 is 18.9 Å². The summed E-state index contributed by atoms with van der Waals surface area (Å²) in [6.45, 7) is 1.80. The molecule has 2 heterocycles. The fourth-order valence-corrected chi connectivity index (χ4v) is 6.19. The molecule has 0 fully saturated rings. The Kier molecular flexibility index (Phi) is 9.72. The molecule has 0 atom stereocenters. The molecule has 0 radical (unpaired) electrons. The molecule has 0 saturated carbocycles. The van der Waals surface area contributed by atoms with E-state index in [1.807, 2.05) is 48.5 Å². The van der Waals surface area contributed by atoms with Gasteiger partial charge in [0.2, 0.25) is 0 Å². The van der Waals surface area contributed by atoms with Crippen LogP contribution in [-0.2, 0) is 0 Å². The number of rotatable bonds is 15. The topological polar surface area (TPSA) is 86.8 Å². The highest BCUT2D eigenvalue weighted by atomic mass is 16.5. The van der Waals surface area contributed by atoms with Crippen LogP contribution in [0, 0.1) is 0 Å². The fourth-order valence-electron chi connectivity index (χ4n) is 6.19. The Morgan fingerprint density at radius 2 is 0.913 bits per heavy atom. The number of pyridine rings is 2. The van der Waals surface area contributed by atoms with Crippen molar-refractivity contribution in [3.63, 3.8) is 0 Å². The van der Waals surface area contributed by atoms with E-state index in [0.717, 1.165) is 104 Å². The predicted octanol–water partition coefficient (Wildman–Crippen LogP) is 8.99. The van der Waals surface area contributed by atoms with Crippen LogP contribution in [0.5, 0.6) is 23.0 Å². The van der Waals surface area contributed by atoms with Crippen molar-refractivity contribution in [1.29, 1.82) is 0 Å². The van der Waals surface area contributed by atoms with E-state index in [0.29, 0.717) is 0 Å².